The van der Waals surface area contributed by atoms with Crippen molar-refractivity contribution in [2.24, 2.45) is 17.6 Å². The fourth-order valence-corrected chi connectivity index (χ4v) is 2.54. The molecule has 0 bridgehead atoms. The zero-order valence-corrected chi connectivity index (χ0v) is 11.9. The SMILES string of the molecule is NCc1cc(C(=O)N(CCC2CC2)CC2CC2)ccn1. The summed E-state index contributed by atoms with van der Waals surface area (Å²) < 4.78 is 0. The first-order valence-electron chi connectivity index (χ1n) is 7.70. The fourth-order valence-electron chi connectivity index (χ4n) is 2.54. The van der Waals surface area contributed by atoms with Crippen LogP contribution in [0.25, 0.3) is 0 Å². The Morgan fingerprint density at radius 1 is 1.30 bits per heavy atom. The van der Waals surface area contributed by atoms with Crippen molar-refractivity contribution in [1.82, 2.24) is 9.88 Å². The second kappa shape index (κ2) is 5.92. The highest BCUT2D eigenvalue weighted by Gasteiger charge is 2.29. The highest BCUT2D eigenvalue weighted by atomic mass is 16.2. The maximum Gasteiger partial charge on any atom is 0.253 e. The topological polar surface area (TPSA) is 59.2 Å². The second-order valence-corrected chi connectivity index (χ2v) is 6.17. The van der Waals surface area contributed by atoms with Crippen LogP contribution in [0.3, 0.4) is 0 Å². The Labute approximate surface area is 120 Å². The monoisotopic (exact) mass is 273 g/mol. The van der Waals surface area contributed by atoms with E-state index in [1.165, 1.54) is 25.7 Å². The molecule has 2 saturated carbocycles. The number of amides is 1. The summed E-state index contributed by atoms with van der Waals surface area (Å²) >= 11 is 0. The number of carbonyl (C=O) groups is 1. The number of hydrogen-bond donors (Lipinski definition) is 1. The first kappa shape index (κ1) is 13.6. The van der Waals surface area contributed by atoms with Gasteiger partial charge in [0.15, 0.2) is 0 Å². The maximum absolute atomic E-state index is 12.7. The Morgan fingerprint density at radius 3 is 2.70 bits per heavy atom. The molecule has 2 N–H and O–H groups in total. The summed E-state index contributed by atoms with van der Waals surface area (Å²) in [6, 6.07) is 3.64. The first-order valence-corrected chi connectivity index (χ1v) is 7.70. The number of nitrogens with two attached hydrogens (primary N) is 1. The van der Waals surface area contributed by atoms with E-state index in [9.17, 15) is 4.79 Å². The van der Waals surface area contributed by atoms with Gasteiger partial charge in [0.1, 0.15) is 0 Å². The van der Waals surface area contributed by atoms with Crippen molar-refractivity contribution in [2.45, 2.75) is 38.6 Å². The molecule has 0 saturated heterocycles. The van der Waals surface area contributed by atoms with Gasteiger partial charge in [0.2, 0.25) is 0 Å². The molecule has 1 aromatic rings. The van der Waals surface area contributed by atoms with Gasteiger partial charge in [-0.25, -0.2) is 0 Å². The molecule has 1 heterocycles. The molecule has 4 nitrogen and oxygen atoms in total. The molecular formula is C16H23N3O. The van der Waals surface area contributed by atoms with Gasteiger partial charge in [0.25, 0.3) is 5.91 Å². The third kappa shape index (κ3) is 3.57. The molecule has 1 aromatic heterocycles. The quantitative estimate of drug-likeness (QED) is 0.828. The maximum atomic E-state index is 12.7. The average molecular weight is 273 g/mol. The zero-order chi connectivity index (χ0) is 13.9. The van der Waals surface area contributed by atoms with Crippen LogP contribution in [0.2, 0.25) is 0 Å². The molecule has 20 heavy (non-hydrogen) atoms. The van der Waals surface area contributed by atoms with Crippen molar-refractivity contribution in [2.75, 3.05) is 13.1 Å². The minimum atomic E-state index is 0.148. The molecule has 0 aliphatic heterocycles. The number of carbonyl (C=O) groups excluding carboxylic acids is 1. The third-order valence-corrected chi connectivity index (χ3v) is 4.24. The molecule has 1 amide bonds. The summed E-state index contributed by atoms with van der Waals surface area (Å²) in [5.41, 5.74) is 7.12. The van der Waals surface area contributed by atoms with Gasteiger partial charge in [-0.3, -0.25) is 9.78 Å². The second-order valence-electron chi connectivity index (χ2n) is 6.17. The molecule has 0 aromatic carbocycles. The van der Waals surface area contributed by atoms with Gasteiger partial charge >= 0.3 is 0 Å². The fraction of sp³-hybridized carbons (Fsp3) is 0.625. The first-order chi connectivity index (χ1) is 9.76. The Kier molecular flexibility index (Phi) is 4.01. The van der Waals surface area contributed by atoms with E-state index < -0.39 is 0 Å². The van der Waals surface area contributed by atoms with E-state index in [1.807, 2.05) is 11.0 Å². The highest BCUT2D eigenvalue weighted by Crippen LogP contribution is 2.34. The molecule has 2 fully saturated rings. The van der Waals surface area contributed by atoms with Gasteiger partial charge in [-0.2, -0.15) is 0 Å². The molecular weight excluding hydrogens is 250 g/mol. The van der Waals surface area contributed by atoms with E-state index in [0.717, 1.165) is 42.6 Å². The Balaban J connectivity index is 1.67. The number of nitrogens with zero attached hydrogens (tertiary/aromatic N) is 2. The van der Waals surface area contributed by atoms with Crippen LogP contribution in [-0.2, 0) is 6.54 Å². The Bertz CT molecular complexity index is 480. The van der Waals surface area contributed by atoms with Crippen LogP contribution in [0.15, 0.2) is 18.3 Å². The van der Waals surface area contributed by atoms with Gasteiger partial charge in [0, 0.05) is 31.4 Å². The van der Waals surface area contributed by atoms with Gasteiger partial charge < -0.3 is 10.6 Å². The lowest BCUT2D eigenvalue weighted by Crippen LogP contribution is -2.34. The minimum Gasteiger partial charge on any atom is -0.338 e. The van der Waals surface area contributed by atoms with E-state index in [-0.39, 0.29) is 5.91 Å². The molecule has 0 radical (unpaired) electrons. The largest absolute Gasteiger partial charge is 0.338 e. The molecule has 0 spiro atoms. The van der Waals surface area contributed by atoms with Gasteiger partial charge in [-0.15, -0.1) is 0 Å². The van der Waals surface area contributed by atoms with E-state index >= 15 is 0 Å². The van der Waals surface area contributed by atoms with Gasteiger partial charge in [0.05, 0.1) is 5.69 Å². The normalized spacial score (nSPS) is 18.1. The number of rotatable bonds is 7. The van der Waals surface area contributed by atoms with Crippen molar-refractivity contribution in [3.05, 3.63) is 29.6 Å². The Morgan fingerprint density at radius 2 is 2.05 bits per heavy atom. The molecule has 4 heteroatoms. The van der Waals surface area contributed by atoms with Crippen LogP contribution >= 0.6 is 0 Å². The number of hydrogen-bond acceptors (Lipinski definition) is 3. The smallest absolute Gasteiger partial charge is 0.253 e. The predicted octanol–water partition coefficient (Wildman–Crippen LogP) is 2.19. The standard InChI is InChI=1S/C16H23N3O/c17-10-15-9-14(5-7-18-15)16(20)19(11-13-3-4-13)8-6-12-1-2-12/h5,7,9,12-13H,1-4,6,8,10-11,17H2. The summed E-state index contributed by atoms with van der Waals surface area (Å²) in [6.45, 7) is 2.21. The lowest BCUT2D eigenvalue weighted by Gasteiger charge is -2.23. The lowest BCUT2D eigenvalue weighted by molar-refractivity contribution is 0.0743. The summed E-state index contributed by atoms with van der Waals surface area (Å²) in [4.78, 5) is 18.9. The zero-order valence-electron chi connectivity index (χ0n) is 11.9. The molecule has 2 aliphatic rings. The summed E-state index contributed by atoms with van der Waals surface area (Å²) in [6.07, 6.45) is 8.09. The lowest BCUT2D eigenvalue weighted by atomic mass is 10.1. The van der Waals surface area contributed by atoms with Crippen molar-refractivity contribution in [1.29, 1.82) is 0 Å². The molecule has 108 valence electrons. The van der Waals surface area contributed by atoms with E-state index in [2.05, 4.69) is 4.98 Å². The summed E-state index contributed by atoms with van der Waals surface area (Å²) in [5.74, 6) is 1.74. The van der Waals surface area contributed by atoms with Gasteiger partial charge in [-0.1, -0.05) is 12.8 Å². The number of pyridine rings is 1. The summed E-state index contributed by atoms with van der Waals surface area (Å²) in [7, 11) is 0. The van der Waals surface area contributed by atoms with Crippen LogP contribution in [0.1, 0.15) is 48.2 Å². The van der Waals surface area contributed by atoms with Crippen molar-refractivity contribution in [3.63, 3.8) is 0 Å². The van der Waals surface area contributed by atoms with E-state index in [0.29, 0.717) is 6.54 Å². The molecule has 2 aliphatic carbocycles. The van der Waals surface area contributed by atoms with Crippen molar-refractivity contribution in [3.8, 4) is 0 Å². The predicted molar refractivity (Wildman–Crippen MR) is 78.1 cm³/mol. The molecule has 3 rings (SSSR count). The van der Waals surface area contributed by atoms with E-state index in [1.54, 1.807) is 12.3 Å². The molecule has 0 atom stereocenters. The third-order valence-electron chi connectivity index (χ3n) is 4.24. The van der Waals surface area contributed by atoms with Crippen LogP contribution in [0.4, 0.5) is 0 Å². The van der Waals surface area contributed by atoms with Crippen molar-refractivity contribution >= 4 is 5.91 Å². The van der Waals surface area contributed by atoms with E-state index in [4.69, 9.17) is 5.73 Å². The minimum absolute atomic E-state index is 0.148. The van der Waals surface area contributed by atoms with Crippen LogP contribution in [-0.4, -0.2) is 28.9 Å². The average Bonchev–Trinajstić information content (AvgIpc) is 3.37. The molecule has 0 unspecified atom stereocenters. The number of aromatic nitrogens is 1. The van der Waals surface area contributed by atoms with Gasteiger partial charge in [-0.05, 0) is 43.2 Å². The van der Waals surface area contributed by atoms with Crippen molar-refractivity contribution < 1.29 is 4.79 Å². The highest BCUT2D eigenvalue weighted by molar-refractivity contribution is 5.94. The Hall–Kier alpha value is -1.42. The summed E-state index contributed by atoms with van der Waals surface area (Å²) in [5, 5.41) is 0. The van der Waals surface area contributed by atoms with Crippen LogP contribution < -0.4 is 5.73 Å². The van der Waals surface area contributed by atoms with Crippen LogP contribution in [0.5, 0.6) is 0 Å². The van der Waals surface area contributed by atoms with Crippen LogP contribution in [0, 0.1) is 11.8 Å².